The lowest BCUT2D eigenvalue weighted by molar-refractivity contribution is -0.164. The first-order valence-corrected chi connectivity index (χ1v) is 26.6. The number of esters is 1. The van der Waals surface area contributed by atoms with Crippen LogP contribution in [0.3, 0.4) is 0 Å². The van der Waals surface area contributed by atoms with Gasteiger partial charge in [-0.1, -0.05) is 132 Å². The Morgan fingerprint density at radius 1 is 0.902 bits per heavy atom. The summed E-state index contributed by atoms with van der Waals surface area (Å²) in [5.41, 5.74) is 0.645. The van der Waals surface area contributed by atoms with Crippen LogP contribution in [0.1, 0.15) is 63.9 Å². The van der Waals surface area contributed by atoms with E-state index in [4.69, 9.17) is 37.9 Å². The molecule has 61 heavy (non-hydrogen) atoms. The summed E-state index contributed by atoms with van der Waals surface area (Å²) < 4.78 is 46.5. The number of aliphatic hydroxyl groups excluding tert-OH is 1. The second-order valence-corrected chi connectivity index (χ2v) is 27.6. The number of rotatable bonds is 21. The maximum Gasteiger partial charge on any atom is 0.342 e. The van der Waals surface area contributed by atoms with Crippen molar-refractivity contribution in [3.8, 4) is 23.3 Å². The van der Waals surface area contributed by atoms with Gasteiger partial charge in [-0.25, -0.2) is 4.79 Å². The highest BCUT2D eigenvalue weighted by Crippen LogP contribution is 2.43. The van der Waals surface area contributed by atoms with Gasteiger partial charge >= 0.3 is 5.97 Å². The summed E-state index contributed by atoms with van der Waals surface area (Å²) in [6.45, 7) is 18.7. The van der Waals surface area contributed by atoms with Gasteiger partial charge in [0.15, 0.2) is 12.6 Å². The summed E-state index contributed by atoms with van der Waals surface area (Å²) in [6.07, 6.45) is 0.298. The minimum Gasteiger partial charge on any atom is -0.497 e. The van der Waals surface area contributed by atoms with Crippen LogP contribution in [-0.4, -0.2) is 104 Å². The van der Waals surface area contributed by atoms with Crippen LogP contribution in [0.5, 0.6) is 11.5 Å². The lowest BCUT2D eigenvalue weighted by Crippen LogP contribution is -2.65. The van der Waals surface area contributed by atoms with Crippen molar-refractivity contribution in [2.24, 2.45) is 11.8 Å². The highest BCUT2D eigenvalue weighted by atomic mass is 28.4. The maximum absolute atomic E-state index is 13.7. The number of ether oxygens (including phenoxy) is 8. The number of benzene rings is 3. The molecule has 1 heterocycles. The lowest BCUT2D eigenvalue weighted by atomic mass is 9.87. The van der Waals surface area contributed by atoms with Crippen molar-refractivity contribution in [1.29, 1.82) is 0 Å². The molecule has 1 aliphatic rings. The SMILES string of the molecule is COCOc1cc(OC)cc(/C=C/C(OCOC)[C@@H]2OC(C)(C)O[C@@H]2C(O)C#C[C@@H](C)[C@H](C)CC(C)(C)[Si](O)(c2ccccc2)c2ccccc2)c1C(=O)OCC[Si](C)(C)C. The predicted molar refractivity (Wildman–Crippen MR) is 244 cm³/mol. The first-order chi connectivity index (χ1) is 28.8. The molecular weight excluding hydrogens is 809 g/mol. The van der Waals surface area contributed by atoms with Crippen LogP contribution in [0.15, 0.2) is 78.9 Å². The Hall–Kier alpha value is -3.82. The number of hydrogen-bond donors (Lipinski definition) is 2. The van der Waals surface area contributed by atoms with Crippen LogP contribution in [0.4, 0.5) is 0 Å². The average Bonchev–Trinajstić information content (AvgIpc) is 3.55. The molecule has 2 N–H and O–H groups in total. The van der Waals surface area contributed by atoms with Gasteiger partial charge in [-0.2, -0.15) is 0 Å². The minimum atomic E-state index is -3.23. The van der Waals surface area contributed by atoms with E-state index in [1.54, 1.807) is 38.1 Å². The van der Waals surface area contributed by atoms with Crippen molar-refractivity contribution < 1.29 is 52.6 Å². The summed E-state index contributed by atoms with van der Waals surface area (Å²) in [5, 5.41) is 13.2. The third kappa shape index (κ3) is 13.3. The standard InChI is InChI=1S/C48H68O11Si2/c1-34(35(2)31-47(3,4)61(51,38-19-15-13-16-20-38)39-21-17-14-18-22-39)23-25-40(49)44-45(59-48(5,6)58-44)41(56-32-52-7)26-24-36-29-37(54-9)30-42(57-33-53-8)43(36)46(50)55-27-28-60(10,11)12/h13-22,24,26,29-30,34-35,40-41,44-45,49,51H,27-28,31-33H2,1-12H3/b26-24+/t34-,35-,40?,41?,44-,45+/m1/s1. The van der Waals surface area contributed by atoms with Gasteiger partial charge in [0.25, 0.3) is 8.32 Å². The minimum absolute atomic E-state index is 0.0619. The molecule has 1 aliphatic heterocycles. The van der Waals surface area contributed by atoms with Gasteiger partial charge in [-0.05, 0) is 59.3 Å². The van der Waals surface area contributed by atoms with E-state index in [0.717, 1.165) is 16.4 Å². The van der Waals surface area contributed by atoms with Crippen LogP contribution >= 0.6 is 0 Å². The summed E-state index contributed by atoms with van der Waals surface area (Å²) in [6, 6.07) is 24.1. The molecular formula is C48H68O11Si2. The summed E-state index contributed by atoms with van der Waals surface area (Å²) in [5.74, 6) is 5.35. The zero-order valence-corrected chi connectivity index (χ0v) is 40.2. The molecule has 2 unspecified atom stereocenters. The first-order valence-electron chi connectivity index (χ1n) is 20.9. The number of carbonyl (C=O) groups is 1. The van der Waals surface area contributed by atoms with Gasteiger partial charge in [-0.3, -0.25) is 0 Å². The van der Waals surface area contributed by atoms with Crippen LogP contribution in [-0.2, 0) is 28.4 Å². The molecule has 0 amide bonds. The van der Waals surface area contributed by atoms with E-state index in [9.17, 15) is 14.7 Å². The van der Waals surface area contributed by atoms with E-state index in [1.807, 2.05) is 67.6 Å². The fourth-order valence-corrected chi connectivity index (χ4v) is 12.2. The third-order valence-corrected chi connectivity index (χ3v) is 17.3. The Balaban J connectivity index is 1.63. The smallest absolute Gasteiger partial charge is 0.342 e. The van der Waals surface area contributed by atoms with Crippen molar-refractivity contribution in [3.63, 3.8) is 0 Å². The van der Waals surface area contributed by atoms with Crippen molar-refractivity contribution >= 4 is 38.8 Å². The normalized spacial score (nSPS) is 18.8. The topological polar surface area (TPSA) is 131 Å². The Labute approximate surface area is 365 Å². The number of methoxy groups -OCH3 is 3. The molecule has 0 radical (unpaired) electrons. The van der Waals surface area contributed by atoms with Gasteiger partial charge in [0, 0.05) is 34.3 Å². The first kappa shape index (κ1) is 49.8. The van der Waals surface area contributed by atoms with Crippen LogP contribution < -0.4 is 19.8 Å². The monoisotopic (exact) mass is 876 g/mol. The van der Waals surface area contributed by atoms with Gasteiger partial charge in [0.1, 0.15) is 48.3 Å². The largest absolute Gasteiger partial charge is 0.497 e. The molecule has 4 rings (SSSR count). The molecule has 11 nitrogen and oxygen atoms in total. The molecule has 334 valence electrons. The Bertz CT molecular complexity index is 1900. The average molecular weight is 877 g/mol. The van der Waals surface area contributed by atoms with Crippen molar-refractivity contribution in [2.45, 2.75) is 109 Å². The predicted octanol–water partition coefficient (Wildman–Crippen LogP) is 7.25. The summed E-state index contributed by atoms with van der Waals surface area (Å²) in [7, 11) is -0.188. The second-order valence-electron chi connectivity index (χ2n) is 18.1. The highest BCUT2D eigenvalue weighted by molar-refractivity contribution is 6.98. The lowest BCUT2D eigenvalue weighted by Gasteiger charge is -2.43. The van der Waals surface area contributed by atoms with Gasteiger partial charge < -0.3 is 47.8 Å². The zero-order chi connectivity index (χ0) is 45.0. The molecule has 0 aromatic heterocycles. The third-order valence-electron chi connectivity index (χ3n) is 11.1. The van der Waals surface area contributed by atoms with Gasteiger partial charge in [-0.15, -0.1) is 0 Å². The molecule has 0 aliphatic carbocycles. The van der Waals surface area contributed by atoms with Crippen LogP contribution in [0, 0.1) is 23.7 Å². The zero-order valence-electron chi connectivity index (χ0n) is 38.2. The van der Waals surface area contributed by atoms with Crippen molar-refractivity contribution in [1.82, 2.24) is 0 Å². The molecule has 1 fully saturated rings. The molecule has 0 spiro atoms. The molecule has 13 heteroatoms. The van der Waals surface area contributed by atoms with Gasteiger partial charge in [0.05, 0.1) is 13.7 Å². The quantitative estimate of drug-likeness (QED) is 0.0486. The van der Waals surface area contributed by atoms with Crippen LogP contribution in [0.25, 0.3) is 6.08 Å². The van der Waals surface area contributed by atoms with E-state index < -0.39 is 57.6 Å². The molecule has 1 saturated heterocycles. The molecule has 3 aromatic carbocycles. The Morgan fingerprint density at radius 3 is 2.05 bits per heavy atom. The van der Waals surface area contributed by atoms with Gasteiger partial charge in [0.2, 0.25) is 0 Å². The molecule has 0 bridgehead atoms. The summed E-state index contributed by atoms with van der Waals surface area (Å²) >= 11 is 0. The molecule has 6 atom stereocenters. The number of aliphatic hydroxyl groups is 1. The second kappa shape index (κ2) is 22.0. The van der Waals surface area contributed by atoms with E-state index in [2.05, 4.69) is 52.3 Å². The van der Waals surface area contributed by atoms with E-state index in [0.29, 0.717) is 17.7 Å². The maximum atomic E-state index is 13.7. The van der Waals surface area contributed by atoms with E-state index >= 15 is 0 Å². The molecule has 3 aromatic rings. The fraction of sp³-hybridized carbons (Fsp3) is 0.521. The fourth-order valence-electron chi connectivity index (χ4n) is 7.63. The van der Waals surface area contributed by atoms with Crippen LogP contribution in [0.2, 0.25) is 30.7 Å². The Kier molecular flexibility index (Phi) is 18.0. The van der Waals surface area contributed by atoms with Crippen molar-refractivity contribution in [2.75, 3.05) is 41.5 Å². The number of hydrogen-bond acceptors (Lipinski definition) is 11. The van der Waals surface area contributed by atoms with E-state index in [-0.39, 0.29) is 43.3 Å². The summed E-state index contributed by atoms with van der Waals surface area (Å²) in [4.78, 5) is 26.4. The van der Waals surface area contributed by atoms with Crippen molar-refractivity contribution in [3.05, 3.63) is 90.0 Å². The van der Waals surface area contributed by atoms with E-state index in [1.165, 1.54) is 21.3 Å². The Morgan fingerprint density at radius 2 is 1.49 bits per heavy atom. The highest BCUT2D eigenvalue weighted by Gasteiger charge is 2.51. The molecule has 0 saturated carbocycles. The number of carbonyl (C=O) groups excluding carboxylic acids is 1.